The van der Waals surface area contributed by atoms with E-state index in [2.05, 4.69) is 57.2 Å². The van der Waals surface area contributed by atoms with E-state index in [1.807, 2.05) is 24.3 Å². The van der Waals surface area contributed by atoms with Crippen molar-refractivity contribution in [3.8, 4) is 0 Å². The third kappa shape index (κ3) is 2.16. The molecule has 30 heavy (non-hydrogen) atoms. The van der Waals surface area contributed by atoms with Crippen LogP contribution >= 0.6 is 0 Å². The Morgan fingerprint density at radius 1 is 0.900 bits per heavy atom. The molecule has 2 aliphatic carbocycles. The highest BCUT2D eigenvalue weighted by Gasteiger charge is 2.79. The quantitative estimate of drug-likeness (QED) is 0.375. The van der Waals surface area contributed by atoms with Crippen LogP contribution in [0.15, 0.2) is 71.8 Å². The Hall–Kier alpha value is -2.68. The third-order valence-corrected chi connectivity index (χ3v) is 8.12. The summed E-state index contributed by atoms with van der Waals surface area (Å²) in [6.45, 7) is 6.61. The highest BCUT2D eigenvalue weighted by molar-refractivity contribution is 6.01. The standard InChI is InChI=1S/C27H28O3/c1-4-5-16-20-17(2)27(19-14-10-7-11-15-19)22-21(24(28)30-25(22)29)26(20,3)23(27)18-12-8-6-9-13-18/h6-15,21-23H,4-5,16H2,1-3H3/t21-,22+,23+,26+,27+/m0/s1. The first-order chi connectivity index (χ1) is 14.5. The van der Waals surface area contributed by atoms with Gasteiger partial charge >= 0.3 is 11.9 Å². The van der Waals surface area contributed by atoms with Crippen molar-refractivity contribution in [2.75, 3.05) is 0 Å². The fraction of sp³-hybridized carbons (Fsp3) is 0.407. The lowest BCUT2D eigenvalue weighted by Gasteiger charge is -2.39. The predicted molar refractivity (Wildman–Crippen MR) is 116 cm³/mol. The number of rotatable bonds is 5. The normalized spacial score (nSPS) is 34.4. The second-order valence-corrected chi connectivity index (χ2v) is 9.26. The first-order valence-corrected chi connectivity index (χ1v) is 11.1. The number of esters is 2. The largest absolute Gasteiger partial charge is 0.393 e. The van der Waals surface area contributed by atoms with Crippen molar-refractivity contribution in [2.45, 2.75) is 51.4 Å². The molecule has 3 heteroatoms. The number of allylic oxidation sites excluding steroid dienone is 2. The zero-order chi connectivity index (χ0) is 21.1. The lowest BCUT2D eigenvalue weighted by Crippen LogP contribution is -2.40. The first-order valence-electron chi connectivity index (χ1n) is 11.1. The van der Waals surface area contributed by atoms with E-state index in [0.29, 0.717) is 0 Å². The van der Waals surface area contributed by atoms with Crippen LogP contribution in [0, 0.1) is 17.3 Å². The molecule has 0 N–H and O–H groups in total. The van der Waals surface area contributed by atoms with Gasteiger partial charge in [0, 0.05) is 16.7 Å². The number of cyclic esters (lactones) is 2. The summed E-state index contributed by atoms with van der Waals surface area (Å²) in [5.41, 5.74) is 3.97. The van der Waals surface area contributed by atoms with Crippen LogP contribution in [0.1, 0.15) is 57.1 Å². The van der Waals surface area contributed by atoms with Crippen LogP contribution in [0.2, 0.25) is 0 Å². The van der Waals surface area contributed by atoms with E-state index in [1.54, 1.807) is 0 Å². The van der Waals surface area contributed by atoms with Crippen LogP contribution in [0.3, 0.4) is 0 Å². The van der Waals surface area contributed by atoms with Gasteiger partial charge < -0.3 is 4.74 Å². The van der Waals surface area contributed by atoms with E-state index >= 15 is 0 Å². The fourth-order valence-corrected chi connectivity index (χ4v) is 7.18. The second kappa shape index (κ2) is 6.66. The van der Waals surface area contributed by atoms with Gasteiger partial charge in [-0.3, -0.25) is 9.59 Å². The molecular formula is C27H28O3. The second-order valence-electron chi connectivity index (χ2n) is 9.26. The van der Waals surface area contributed by atoms with E-state index in [4.69, 9.17) is 4.74 Å². The molecule has 2 aromatic rings. The number of unbranched alkanes of at least 4 members (excludes halogenated alkanes) is 1. The van der Waals surface area contributed by atoms with Gasteiger partial charge in [0.2, 0.25) is 0 Å². The summed E-state index contributed by atoms with van der Waals surface area (Å²) in [6.07, 6.45) is 3.13. The number of hydrogen-bond donors (Lipinski definition) is 0. The maximum atomic E-state index is 13.2. The zero-order valence-corrected chi connectivity index (χ0v) is 17.9. The smallest absolute Gasteiger partial charge is 0.318 e. The molecule has 0 unspecified atom stereocenters. The Balaban J connectivity index is 1.86. The van der Waals surface area contributed by atoms with Gasteiger partial charge in [0.15, 0.2) is 0 Å². The van der Waals surface area contributed by atoms with Crippen molar-refractivity contribution in [1.82, 2.24) is 0 Å². The molecule has 3 nitrogen and oxygen atoms in total. The summed E-state index contributed by atoms with van der Waals surface area (Å²) in [7, 11) is 0. The van der Waals surface area contributed by atoms with Gasteiger partial charge in [0.05, 0.1) is 11.8 Å². The Morgan fingerprint density at radius 2 is 1.50 bits per heavy atom. The molecule has 2 aromatic carbocycles. The van der Waals surface area contributed by atoms with Gasteiger partial charge in [0.25, 0.3) is 0 Å². The first kappa shape index (κ1) is 19.3. The van der Waals surface area contributed by atoms with Crippen molar-refractivity contribution < 1.29 is 14.3 Å². The number of carbonyl (C=O) groups is 2. The lowest BCUT2D eigenvalue weighted by atomic mass is 9.61. The topological polar surface area (TPSA) is 43.4 Å². The lowest BCUT2D eigenvalue weighted by molar-refractivity contribution is -0.155. The monoisotopic (exact) mass is 400 g/mol. The van der Waals surface area contributed by atoms with Crippen molar-refractivity contribution in [1.29, 1.82) is 0 Å². The molecule has 1 saturated heterocycles. The molecule has 0 aromatic heterocycles. The van der Waals surface area contributed by atoms with Gasteiger partial charge in [-0.05, 0) is 30.9 Å². The number of ether oxygens (including phenoxy) is 1. The highest BCUT2D eigenvalue weighted by Crippen LogP contribution is 2.78. The minimum Gasteiger partial charge on any atom is -0.393 e. The molecular weight excluding hydrogens is 372 g/mol. The van der Waals surface area contributed by atoms with Gasteiger partial charge in [-0.1, -0.05) is 92.1 Å². The molecule has 2 bridgehead atoms. The molecule has 3 aliphatic rings. The molecule has 1 saturated carbocycles. The van der Waals surface area contributed by atoms with Gasteiger partial charge in [0.1, 0.15) is 0 Å². The average molecular weight is 401 g/mol. The highest BCUT2D eigenvalue weighted by atomic mass is 16.6. The summed E-state index contributed by atoms with van der Waals surface area (Å²) in [5.74, 6) is -1.55. The van der Waals surface area contributed by atoms with Gasteiger partial charge in [-0.15, -0.1) is 0 Å². The Morgan fingerprint density at radius 3 is 2.13 bits per heavy atom. The Kier molecular flexibility index (Phi) is 4.29. The van der Waals surface area contributed by atoms with Crippen molar-refractivity contribution in [2.24, 2.45) is 17.3 Å². The molecule has 5 rings (SSSR count). The molecule has 5 atom stereocenters. The summed E-state index contributed by atoms with van der Waals surface area (Å²) in [4.78, 5) is 26.2. The zero-order valence-electron chi connectivity index (χ0n) is 17.9. The molecule has 0 spiro atoms. The number of carbonyl (C=O) groups excluding carboxylic acids is 2. The van der Waals surface area contributed by atoms with Gasteiger partial charge in [-0.2, -0.15) is 0 Å². The molecule has 2 fully saturated rings. The SMILES string of the molecule is CCCCC1=C(C)[C@]2(c3ccccc3)[C@H](c3ccccc3)[C@@]1(C)[C@@H]1C(=O)OC(=O)[C@@H]12. The molecule has 1 aliphatic heterocycles. The van der Waals surface area contributed by atoms with Crippen LogP contribution in [0.5, 0.6) is 0 Å². The Bertz CT molecular complexity index is 1040. The Labute approximate surface area is 178 Å². The molecule has 0 radical (unpaired) electrons. The fourth-order valence-electron chi connectivity index (χ4n) is 7.18. The number of fused-ring (bicyclic) bond motifs is 5. The van der Waals surface area contributed by atoms with Crippen LogP contribution in [-0.4, -0.2) is 11.9 Å². The summed E-state index contributed by atoms with van der Waals surface area (Å²) in [5, 5.41) is 0. The van der Waals surface area contributed by atoms with Crippen LogP contribution in [0.4, 0.5) is 0 Å². The number of hydrogen-bond acceptors (Lipinski definition) is 3. The van der Waals surface area contributed by atoms with E-state index in [0.717, 1.165) is 24.8 Å². The summed E-state index contributed by atoms with van der Waals surface area (Å²) >= 11 is 0. The average Bonchev–Trinajstić information content (AvgIpc) is 3.27. The minimum atomic E-state index is -0.547. The minimum absolute atomic E-state index is 0.0345. The van der Waals surface area contributed by atoms with E-state index in [9.17, 15) is 9.59 Å². The van der Waals surface area contributed by atoms with Crippen LogP contribution in [0.25, 0.3) is 0 Å². The van der Waals surface area contributed by atoms with Crippen LogP contribution < -0.4 is 0 Å². The summed E-state index contributed by atoms with van der Waals surface area (Å²) in [6, 6.07) is 20.8. The molecule has 1 heterocycles. The van der Waals surface area contributed by atoms with E-state index < -0.39 is 22.7 Å². The molecule has 154 valence electrons. The van der Waals surface area contributed by atoms with Crippen molar-refractivity contribution in [3.05, 3.63) is 82.9 Å². The van der Waals surface area contributed by atoms with Crippen molar-refractivity contribution >= 4 is 11.9 Å². The molecule has 0 amide bonds. The number of benzene rings is 2. The summed E-state index contributed by atoms with van der Waals surface area (Å²) < 4.78 is 5.30. The van der Waals surface area contributed by atoms with E-state index in [1.165, 1.54) is 16.7 Å². The van der Waals surface area contributed by atoms with Gasteiger partial charge in [-0.25, -0.2) is 0 Å². The third-order valence-electron chi connectivity index (χ3n) is 8.12. The van der Waals surface area contributed by atoms with Crippen LogP contribution in [-0.2, 0) is 19.7 Å². The maximum Gasteiger partial charge on any atom is 0.318 e. The maximum absolute atomic E-state index is 13.2. The van der Waals surface area contributed by atoms with Crippen molar-refractivity contribution in [3.63, 3.8) is 0 Å². The van der Waals surface area contributed by atoms with E-state index in [-0.39, 0.29) is 17.9 Å². The predicted octanol–water partition coefficient (Wildman–Crippen LogP) is 5.56.